The summed E-state index contributed by atoms with van der Waals surface area (Å²) in [6.07, 6.45) is 18.3. The molecule has 0 aliphatic carbocycles. The fourth-order valence-corrected chi connectivity index (χ4v) is 5.67. The molecule has 30 heavy (non-hydrogen) atoms. The summed E-state index contributed by atoms with van der Waals surface area (Å²) < 4.78 is 0. The van der Waals surface area contributed by atoms with E-state index < -0.39 is 5.79 Å². The quantitative estimate of drug-likeness (QED) is 0.640. The number of guanidine groups is 1. The van der Waals surface area contributed by atoms with Gasteiger partial charge in [0.2, 0.25) is 11.7 Å². The van der Waals surface area contributed by atoms with E-state index in [9.17, 15) is 0 Å². The number of nitrogens with one attached hydrogen (secondary N) is 2. The number of hydrogen-bond donors (Lipinski definition) is 2. The summed E-state index contributed by atoms with van der Waals surface area (Å²) in [6.45, 7) is 8.02. The first-order valence-corrected chi connectivity index (χ1v) is 11.5. The Morgan fingerprint density at radius 3 is 2.47 bits per heavy atom. The first kappa shape index (κ1) is 18.7. The highest BCUT2D eigenvalue weighted by Crippen LogP contribution is 2.42. The molecule has 0 aromatic rings. The van der Waals surface area contributed by atoms with E-state index in [1.807, 2.05) is 6.20 Å². The highest BCUT2D eigenvalue weighted by atomic mass is 15.9. The minimum atomic E-state index is -0.440. The van der Waals surface area contributed by atoms with Crippen molar-refractivity contribution in [2.45, 2.75) is 37.6 Å². The van der Waals surface area contributed by atoms with Crippen LogP contribution in [0.15, 0.2) is 41.7 Å². The minimum Gasteiger partial charge on any atom is -0.338 e. The molecule has 6 aliphatic heterocycles. The highest BCUT2D eigenvalue weighted by molar-refractivity contribution is 5.83. The number of hydrogen-bond acceptors (Lipinski definition) is 9. The van der Waals surface area contributed by atoms with Gasteiger partial charge < -0.3 is 10.3 Å². The molecule has 0 bridgehead atoms. The van der Waals surface area contributed by atoms with E-state index in [1.165, 1.54) is 12.8 Å². The van der Waals surface area contributed by atoms with Crippen LogP contribution in [0.25, 0.3) is 0 Å². The molecule has 0 amide bonds. The second-order valence-corrected chi connectivity index (χ2v) is 8.83. The highest BCUT2D eigenvalue weighted by Gasteiger charge is 2.61. The molecular formula is C21H33N9. The zero-order valence-corrected chi connectivity index (χ0v) is 17.7. The van der Waals surface area contributed by atoms with Crippen LogP contribution in [0.1, 0.15) is 25.7 Å². The van der Waals surface area contributed by atoms with Crippen LogP contribution >= 0.6 is 0 Å². The van der Waals surface area contributed by atoms with Gasteiger partial charge in [0.15, 0.2) is 6.17 Å². The number of aliphatic imine (C=N–C) groups is 1. The van der Waals surface area contributed by atoms with E-state index in [-0.39, 0.29) is 6.17 Å². The topological polar surface area (TPSA) is 55.9 Å². The fourth-order valence-electron chi connectivity index (χ4n) is 5.67. The third-order valence-corrected chi connectivity index (χ3v) is 7.04. The fraction of sp³-hybridized carbons (Fsp3) is 0.667. The van der Waals surface area contributed by atoms with Gasteiger partial charge in [-0.15, -0.1) is 0 Å². The van der Waals surface area contributed by atoms with Crippen molar-refractivity contribution >= 4 is 5.96 Å². The zero-order chi connectivity index (χ0) is 20.0. The lowest BCUT2D eigenvalue weighted by Gasteiger charge is -2.51. The van der Waals surface area contributed by atoms with Crippen molar-refractivity contribution in [1.82, 2.24) is 40.7 Å². The summed E-state index contributed by atoms with van der Waals surface area (Å²) in [6, 6.07) is 0. The van der Waals surface area contributed by atoms with E-state index in [2.05, 4.69) is 71.2 Å². The molecule has 6 heterocycles. The average molecular weight is 412 g/mol. The molecular weight excluding hydrogens is 378 g/mol. The van der Waals surface area contributed by atoms with Crippen molar-refractivity contribution in [3.05, 3.63) is 36.7 Å². The van der Waals surface area contributed by atoms with Crippen molar-refractivity contribution in [3.8, 4) is 0 Å². The molecule has 0 aromatic heterocycles. The molecule has 0 spiro atoms. The molecule has 0 radical (unpaired) electrons. The van der Waals surface area contributed by atoms with E-state index in [0.717, 1.165) is 71.2 Å². The Kier molecular flexibility index (Phi) is 4.71. The van der Waals surface area contributed by atoms with E-state index in [0.29, 0.717) is 0 Å². The predicted octanol–water partition coefficient (Wildman–Crippen LogP) is 0.284. The lowest BCUT2D eigenvalue weighted by Crippen LogP contribution is -2.72. The van der Waals surface area contributed by atoms with Crippen LogP contribution in [0.3, 0.4) is 0 Å². The molecule has 6 rings (SSSR count). The zero-order valence-electron chi connectivity index (χ0n) is 17.7. The summed E-state index contributed by atoms with van der Waals surface area (Å²) in [4.78, 5) is 13.4. The molecule has 2 atom stereocenters. The lowest BCUT2D eigenvalue weighted by molar-refractivity contribution is -0.154. The second-order valence-electron chi connectivity index (χ2n) is 8.83. The van der Waals surface area contributed by atoms with Gasteiger partial charge in [0.25, 0.3) is 0 Å². The van der Waals surface area contributed by atoms with Gasteiger partial charge in [-0.2, -0.15) is 5.12 Å². The lowest BCUT2D eigenvalue weighted by atomic mass is 10.1. The molecule has 6 aliphatic rings. The van der Waals surface area contributed by atoms with Gasteiger partial charge in [-0.25, -0.2) is 15.4 Å². The number of hydrazine groups is 3. The Hall–Kier alpha value is -2.07. The molecule has 9 heteroatoms. The first-order valence-electron chi connectivity index (χ1n) is 11.5. The maximum Gasteiger partial charge on any atom is 0.237 e. The third-order valence-electron chi connectivity index (χ3n) is 7.04. The summed E-state index contributed by atoms with van der Waals surface area (Å²) in [5.74, 6) is 0.573. The molecule has 9 nitrogen and oxygen atoms in total. The summed E-state index contributed by atoms with van der Waals surface area (Å²) in [5, 5.41) is 6.98. The van der Waals surface area contributed by atoms with Crippen LogP contribution < -0.4 is 10.9 Å². The van der Waals surface area contributed by atoms with Crippen LogP contribution in [-0.2, 0) is 0 Å². The maximum absolute atomic E-state index is 5.62. The van der Waals surface area contributed by atoms with Crippen LogP contribution in [0.5, 0.6) is 0 Å². The molecule has 2 unspecified atom stereocenters. The van der Waals surface area contributed by atoms with Gasteiger partial charge in [-0.05, 0) is 38.0 Å². The summed E-state index contributed by atoms with van der Waals surface area (Å²) in [7, 11) is 0. The second kappa shape index (κ2) is 7.56. The Morgan fingerprint density at radius 1 is 0.933 bits per heavy atom. The van der Waals surface area contributed by atoms with Gasteiger partial charge in [0.05, 0.1) is 6.54 Å². The Morgan fingerprint density at radius 2 is 1.80 bits per heavy atom. The summed E-state index contributed by atoms with van der Waals surface area (Å²) >= 11 is 0. The van der Waals surface area contributed by atoms with Crippen molar-refractivity contribution < 1.29 is 0 Å². The molecule has 2 N–H and O–H groups in total. The minimum absolute atomic E-state index is 0.130. The van der Waals surface area contributed by atoms with Crippen LogP contribution in [0.2, 0.25) is 0 Å². The van der Waals surface area contributed by atoms with Crippen molar-refractivity contribution in [1.29, 1.82) is 0 Å². The van der Waals surface area contributed by atoms with Gasteiger partial charge in [-0.3, -0.25) is 14.8 Å². The molecule has 2 fully saturated rings. The molecule has 0 saturated carbocycles. The van der Waals surface area contributed by atoms with Crippen molar-refractivity contribution in [2.24, 2.45) is 4.99 Å². The average Bonchev–Trinajstić information content (AvgIpc) is 3.62. The third kappa shape index (κ3) is 2.80. The maximum atomic E-state index is 5.62. The molecule has 162 valence electrons. The summed E-state index contributed by atoms with van der Waals surface area (Å²) in [5.41, 5.74) is 7.05. The SMILES string of the molecule is C1=CN(C2(N3CC=CC3)N=C(N3CC=CN3)N(N3CCCN3)C2N2CCCC2)CC1. The van der Waals surface area contributed by atoms with Gasteiger partial charge in [-0.1, -0.05) is 18.2 Å². The van der Waals surface area contributed by atoms with E-state index in [4.69, 9.17) is 4.99 Å². The smallest absolute Gasteiger partial charge is 0.237 e. The van der Waals surface area contributed by atoms with Crippen LogP contribution in [0.4, 0.5) is 0 Å². The number of rotatable bonds is 4. The van der Waals surface area contributed by atoms with Crippen LogP contribution in [0, 0.1) is 0 Å². The van der Waals surface area contributed by atoms with Crippen molar-refractivity contribution in [2.75, 3.05) is 52.4 Å². The van der Waals surface area contributed by atoms with Gasteiger partial charge >= 0.3 is 0 Å². The normalized spacial score (nSPS) is 34.9. The van der Waals surface area contributed by atoms with E-state index in [1.54, 1.807) is 0 Å². The molecule has 2 saturated heterocycles. The Balaban J connectivity index is 1.49. The van der Waals surface area contributed by atoms with E-state index >= 15 is 0 Å². The largest absolute Gasteiger partial charge is 0.338 e. The first-order chi connectivity index (χ1) is 14.9. The molecule has 0 aromatic carbocycles. The number of nitrogens with zero attached hydrogens (tertiary/aromatic N) is 7. The predicted molar refractivity (Wildman–Crippen MR) is 116 cm³/mol. The monoisotopic (exact) mass is 411 g/mol. The van der Waals surface area contributed by atoms with Crippen LogP contribution in [-0.4, -0.2) is 100 Å². The Labute approximate surface area is 178 Å². The van der Waals surface area contributed by atoms with Gasteiger partial charge in [0, 0.05) is 52.0 Å². The Bertz CT molecular complexity index is 748. The standard InChI is InChI=1S/C21H33N9/c1-2-12-25(11-1)19-21(26-13-3-4-14-26,27-15-5-6-16-27)24-20(28-17-7-9-22-28)30(19)29-18-8-10-23-29/h3-5,7,9,15,19,22-23H,1-2,6,8,10-14,16-18H2. The number of likely N-dealkylation sites (tertiary alicyclic amines) is 1. The van der Waals surface area contributed by atoms with Crippen molar-refractivity contribution in [3.63, 3.8) is 0 Å². The van der Waals surface area contributed by atoms with Gasteiger partial charge in [0.1, 0.15) is 0 Å².